The zero-order chi connectivity index (χ0) is 23.7. The number of thiocarbonyl (C=S) groups is 1. The van der Waals surface area contributed by atoms with Gasteiger partial charge in [0.1, 0.15) is 5.75 Å². The van der Waals surface area contributed by atoms with Crippen LogP contribution in [0, 0.1) is 13.8 Å². The van der Waals surface area contributed by atoms with E-state index in [9.17, 15) is 0 Å². The van der Waals surface area contributed by atoms with Crippen molar-refractivity contribution in [2.75, 3.05) is 7.11 Å². The minimum atomic E-state index is -0.0447. The predicted molar refractivity (Wildman–Crippen MR) is 139 cm³/mol. The van der Waals surface area contributed by atoms with Crippen LogP contribution < -0.4 is 10.1 Å². The van der Waals surface area contributed by atoms with Crippen LogP contribution in [-0.4, -0.2) is 26.7 Å². The van der Waals surface area contributed by atoms with Crippen molar-refractivity contribution in [3.05, 3.63) is 113 Å². The summed E-state index contributed by atoms with van der Waals surface area (Å²) in [6, 6.07) is 26.9. The molecular weight excluding hydrogens is 440 g/mol. The Kier molecular flexibility index (Phi) is 6.07. The third kappa shape index (κ3) is 4.05. The van der Waals surface area contributed by atoms with Crippen molar-refractivity contribution in [1.29, 1.82) is 0 Å². The largest absolute Gasteiger partial charge is 0.497 e. The van der Waals surface area contributed by atoms with Gasteiger partial charge in [0.15, 0.2) is 5.11 Å². The zero-order valence-corrected chi connectivity index (χ0v) is 20.4. The van der Waals surface area contributed by atoms with E-state index in [1.807, 2.05) is 36.5 Å². The normalized spacial score (nSPS) is 17.6. The van der Waals surface area contributed by atoms with E-state index in [0.29, 0.717) is 0 Å². The highest BCUT2D eigenvalue weighted by Gasteiger charge is 2.41. The first-order valence-electron chi connectivity index (χ1n) is 11.4. The van der Waals surface area contributed by atoms with Gasteiger partial charge < -0.3 is 19.5 Å². The maximum atomic E-state index is 5.87. The van der Waals surface area contributed by atoms with Crippen LogP contribution in [0.1, 0.15) is 40.3 Å². The van der Waals surface area contributed by atoms with Gasteiger partial charge in [0.25, 0.3) is 0 Å². The first-order valence-corrected chi connectivity index (χ1v) is 11.8. The lowest BCUT2D eigenvalue weighted by molar-refractivity contribution is 0.310. The first-order chi connectivity index (χ1) is 16.6. The maximum absolute atomic E-state index is 5.87. The van der Waals surface area contributed by atoms with E-state index in [2.05, 4.69) is 82.1 Å². The molecule has 1 N–H and O–H groups in total. The number of pyridine rings is 1. The fraction of sp³-hybridized carbons (Fsp3) is 0.214. The van der Waals surface area contributed by atoms with Crippen molar-refractivity contribution in [3.63, 3.8) is 0 Å². The number of hydrogen-bond donors (Lipinski definition) is 1. The second-order valence-corrected chi connectivity index (χ2v) is 8.99. The Labute approximate surface area is 206 Å². The molecule has 5 rings (SSSR count). The van der Waals surface area contributed by atoms with Crippen molar-refractivity contribution in [3.8, 4) is 11.4 Å². The number of hydrogen-bond acceptors (Lipinski definition) is 3. The summed E-state index contributed by atoms with van der Waals surface area (Å²) in [5, 5.41) is 4.31. The van der Waals surface area contributed by atoms with Gasteiger partial charge in [0.2, 0.25) is 0 Å². The lowest BCUT2D eigenvalue weighted by Crippen LogP contribution is -2.29. The molecule has 1 fully saturated rings. The van der Waals surface area contributed by atoms with E-state index in [1.54, 1.807) is 7.11 Å². The summed E-state index contributed by atoms with van der Waals surface area (Å²) in [5.74, 6) is 0.840. The summed E-state index contributed by atoms with van der Waals surface area (Å²) >= 11 is 5.87. The monoisotopic (exact) mass is 468 g/mol. The number of aromatic nitrogens is 2. The van der Waals surface area contributed by atoms with Crippen LogP contribution in [0.2, 0.25) is 0 Å². The van der Waals surface area contributed by atoms with Crippen LogP contribution >= 0.6 is 12.2 Å². The summed E-state index contributed by atoms with van der Waals surface area (Å²) < 4.78 is 7.77. The molecule has 0 spiro atoms. The van der Waals surface area contributed by atoms with E-state index in [4.69, 9.17) is 17.0 Å². The molecule has 4 aromatic rings. The molecule has 3 heterocycles. The maximum Gasteiger partial charge on any atom is 0.170 e. The fourth-order valence-electron chi connectivity index (χ4n) is 4.93. The molecule has 172 valence electrons. The van der Waals surface area contributed by atoms with Gasteiger partial charge in [-0.1, -0.05) is 42.5 Å². The molecule has 0 saturated carbocycles. The van der Waals surface area contributed by atoms with Gasteiger partial charge in [-0.25, -0.2) is 0 Å². The predicted octanol–water partition coefficient (Wildman–Crippen LogP) is 5.67. The van der Waals surface area contributed by atoms with Crippen LogP contribution in [0.5, 0.6) is 5.75 Å². The second-order valence-electron chi connectivity index (χ2n) is 8.60. The van der Waals surface area contributed by atoms with Gasteiger partial charge in [-0.15, -0.1) is 0 Å². The van der Waals surface area contributed by atoms with Gasteiger partial charge in [0.05, 0.1) is 24.9 Å². The molecular formula is C28H28N4OS. The standard InChI is InChI=1S/C28H28N4OS/c1-19-16-24(20(2)32(19)22-12-9-13-23(17-22)33-3)27-26(25-14-7-8-15-29-25)30-28(34)31(27)18-21-10-5-4-6-11-21/h4-17,26-27H,18H2,1-3H3,(H,30,34)/t26-,27+/m0/s1. The number of benzene rings is 2. The smallest absolute Gasteiger partial charge is 0.170 e. The Hall–Kier alpha value is -3.64. The molecule has 2 aromatic carbocycles. The molecule has 0 radical (unpaired) electrons. The number of nitrogens with one attached hydrogen (secondary N) is 1. The van der Waals surface area contributed by atoms with Crippen molar-refractivity contribution < 1.29 is 4.74 Å². The molecule has 1 saturated heterocycles. The summed E-state index contributed by atoms with van der Waals surface area (Å²) in [4.78, 5) is 6.97. The molecule has 6 heteroatoms. The highest BCUT2D eigenvalue weighted by molar-refractivity contribution is 7.80. The Balaban J connectivity index is 1.62. The number of ether oxygens (including phenoxy) is 1. The first kappa shape index (κ1) is 22.2. The van der Waals surface area contributed by atoms with Gasteiger partial charge in [-0.2, -0.15) is 0 Å². The lowest BCUT2D eigenvalue weighted by Gasteiger charge is -2.28. The molecule has 2 atom stereocenters. The van der Waals surface area contributed by atoms with Crippen LogP contribution in [0.4, 0.5) is 0 Å². The van der Waals surface area contributed by atoms with E-state index in [1.165, 1.54) is 16.8 Å². The lowest BCUT2D eigenvalue weighted by atomic mass is 9.96. The second kappa shape index (κ2) is 9.31. The summed E-state index contributed by atoms with van der Waals surface area (Å²) in [6.45, 7) is 5.05. The molecule has 0 aliphatic carbocycles. The van der Waals surface area contributed by atoms with E-state index < -0.39 is 0 Å². The van der Waals surface area contributed by atoms with Crippen LogP contribution in [0.3, 0.4) is 0 Å². The summed E-state index contributed by atoms with van der Waals surface area (Å²) in [5.41, 5.74) is 6.87. The minimum absolute atomic E-state index is 0.00756. The molecule has 1 aliphatic rings. The Morgan fingerprint density at radius 3 is 2.50 bits per heavy atom. The quantitative estimate of drug-likeness (QED) is 0.369. The van der Waals surface area contributed by atoms with E-state index in [-0.39, 0.29) is 12.1 Å². The molecule has 0 bridgehead atoms. The van der Waals surface area contributed by atoms with Crippen molar-refractivity contribution in [2.45, 2.75) is 32.5 Å². The average molecular weight is 469 g/mol. The Morgan fingerprint density at radius 1 is 0.971 bits per heavy atom. The molecule has 1 aliphatic heterocycles. The third-order valence-corrected chi connectivity index (χ3v) is 6.85. The fourth-order valence-corrected chi connectivity index (χ4v) is 5.23. The minimum Gasteiger partial charge on any atom is -0.497 e. The van der Waals surface area contributed by atoms with Crippen molar-refractivity contribution in [1.82, 2.24) is 19.8 Å². The van der Waals surface area contributed by atoms with Gasteiger partial charge in [0, 0.05) is 35.9 Å². The van der Waals surface area contributed by atoms with Crippen molar-refractivity contribution in [2.24, 2.45) is 0 Å². The van der Waals surface area contributed by atoms with Crippen LogP contribution in [-0.2, 0) is 6.54 Å². The highest BCUT2D eigenvalue weighted by atomic mass is 32.1. The molecule has 0 unspecified atom stereocenters. The molecule has 5 nitrogen and oxygen atoms in total. The zero-order valence-electron chi connectivity index (χ0n) is 19.6. The average Bonchev–Trinajstić information content (AvgIpc) is 3.35. The van der Waals surface area contributed by atoms with Crippen molar-refractivity contribution >= 4 is 17.3 Å². The number of methoxy groups -OCH3 is 1. The van der Waals surface area contributed by atoms with Crippen LogP contribution in [0.15, 0.2) is 85.1 Å². The molecule has 34 heavy (non-hydrogen) atoms. The van der Waals surface area contributed by atoms with E-state index in [0.717, 1.165) is 34.5 Å². The molecule has 0 amide bonds. The molecule has 2 aromatic heterocycles. The third-order valence-electron chi connectivity index (χ3n) is 6.49. The number of aryl methyl sites for hydroxylation is 1. The van der Waals surface area contributed by atoms with E-state index >= 15 is 0 Å². The highest BCUT2D eigenvalue weighted by Crippen LogP contribution is 2.42. The Morgan fingerprint density at radius 2 is 1.76 bits per heavy atom. The van der Waals surface area contributed by atoms with Gasteiger partial charge >= 0.3 is 0 Å². The van der Waals surface area contributed by atoms with Gasteiger partial charge in [-0.05, 0) is 67.5 Å². The van der Waals surface area contributed by atoms with Crippen LogP contribution in [0.25, 0.3) is 5.69 Å². The summed E-state index contributed by atoms with van der Waals surface area (Å²) in [6.07, 6.45) is 1.84. The topological polar surface area (TPSA) is 42.3 Å². The summed E-state index contributed by atoms with van der Waals surface area (Å²) in [7, 11) is 1.70. The number of rotatable bonds is 6. The van der Waals surface area contributed by atoms with Gasteiger partial charge in [-0.3, -0.25) is 4.98 Å². The Bertz CT molecular complexity index is 1300. The SMILES string of the molecule is COc1cccc(-n2c(C)cc([C@@H]3[C@H](c4ccccn4)NC(=S)N3Cc3ccccc3)c2C)c1. The number of nitrogens with zero attached hydrogens (tertiary/aromatic N) is 3.